The molecule has 1 heterocycles. The van der Waals surface area contributed by atoms with Crippen LogP contribution in [0.5, 0.6) is 0 Å². The number of aromatic nitrogens is 1. The number of halogens is 1. The molecule has 0 saturated carbocycles. The van der Waals surface area contributed by atoms with Crippen molar-refractivity contribution in [2.75, 3.05) is 0 Å². The summed E-state index contributed by atoms with van der Waals surface area (Å²) in [6.07, 6.45) is 4.39. The lowest BCUT2D eigenvalue weighted by Crippen LogP contribution is -2.35. The molecule has 2 N–H and O–H groups in total. The zero-order valence-electron chi connectivity index (χ0n) is 15.1. The van der Waals surface area contributed by atoms with E-state index in [1.807, 2.05) is 20.8 Å². The molecule has 1 aromatic carbocycles. The first kappa shape index (κ1) is 17.3. The van der Waals surface area contributed by atoms with Gasteiger partial charge in [-0.2, -0.15) is 0 Å². The van der Waals surface area contributed by atoms with E-state index in [0.29, 0.717) is 12.0 Å². The molecule has 1 aromatic heterocycles. The van der Waals surface area contributed by atoms with Gasteiger partial charge in [0.1, 0.15) is 5.82 Å². The molecule has 0 aliphatic heterocycles. The Morgan fingerprint density at radius 2 is 2.12 bits per heavy atom. The van der Waals surface area contributed by atoms with Crippen LogP contribution in [0.1, 0.15) is 48.6 Å². The van der Waals surface area contributed by atoms with Crippen LogP contribution in [0.2, 0.25) is 0 Å². The van der Waals surface area contributed by atoms with Gasteiger partial charge in [0.2, 0.25) is 0 Å². The van der Waals surface area contributed by atoms with Crippen LogP contribution in [-0.4, -0.2) is 16.9 Å². The van der Waals surface area contributed by atoms with Gasteiger partial charge in [-0.15, -0.1) is 0 Å². The van der Waals surface area contributed by atoms with Gasteiger partial charge in [0.05, 0.1) is 0 Å². The van der Waals surface area contributed by atoms with Crippen LogP contribution < -0.4 is 5.32 Å². The lowest BCUT2D eigenvalue weighted by molar-refractivity contribution is -0.116. The molecule has 4 heteroatoms. The van der Waals surface area contributed by atoms with Gasteiger partial charge in [-0.25, -0.2) is 4.39 Å². The third-order valence-electron chi connectivity index (χ3n) is 4.99. The topological polar surface area (TPSA) is 44.9 Å². The molecule has 3 rings (SSSR count). The normalized spacial score (nSPS) is 17.0. The quantitative estimate of drug-likeness (QED) is 0.788. The smallest absolute Gasteiger partial charge is 0.296 e. The number of aryl methyl sites for hydroxylation is 3. The summed E-state index contributed by atoms with van der Waals surface area (Å²) < 4.78 is 14.9. The summed E-state index contributed by atoms with van der Waals surface area (Å²) in [5.74, 6) is 4.66. The highest BCUT2D eigenvalue weighted by molar-refractivity contribution is 5.98. The fraction of sp³-hybridized carbons (Fsp3) is 0.381. The van der Waals surface area contributed by atoms with Gasteiger partial charge < -0.3 is 10.3 Å². The van der Waals surface area contributed by atoms with Crippen LogP contribution in [0.25, 0.3) is 16.5 Å². The Morgan fingerprint density at radius 1 is 1.36 bits per heavy atom. The minimum atomic E-state index is -0.267. The molecule has 0 unspecified atom stereocenters. The Labute approximate surface area is 147 Å². The molecular weight excluding hydrogens is 315 g/mol. The first-order valence-electron chi connectivity index (χ1n) is 8.63. The Morgan fingerprint density at radius 3 is 2.84 bits per heavy atom. The van der Waals surface area contributed by atoms with Gasteiger partial charge in [0.15, 0.2) is 0 Å². The monoisotopic (exact) mass is 338 g/mol. The van der Waals surface area contributed by atoms with E-state index >= 15 is 0 Å². The van der Waals surface area contributed by atoms with E-state index in [0.717, 1.165) is 46.1 Å². The van der Waals surface area contributed by atoms with Crippen molar-refractivity contribution in [1.29, 1.82) is 0 Å². The fourth-order valence-electron chi connectivity index (χ4n) is 3.67. The Bertz CT molecular complexity index is 940. The van der Waals surface area contributed by atoms with Crippen molar-refractivity contribution in [1.82, 2.24) is 10.3 Å². The fourth-order valence-corrected chi connectivity index (χ4v) is 3.67. The maximum absolute atomic E-state index is 14.9. The van der Waals surface area contributed by atoms with Gasteiger partial charge >= 0.3 is 0 Å². The van der Waals surface area contributed by atoms with Crippen LogP contribution in [0, 0.1) is 38.4 Å². The summed E-state index contributed by atoms with van der Waals surface area (Å²) in [5.41, 5.74) is 5.68. The zero-order valence-corrected chi connectivity index (χ0v) is 15.1. The molecule has 1 aliphatic rings. The first-order chi connectivity index (χ1) is 11.9. The standard InChI is InChI=1S/C21H23FN2O/c1-5-7-18(25)24-16-9-6-8-15(11-16)20-17(22)10-12(2)21-19(20)13(3)14(4)23-21/h8,10,16,23H,6,9,11H2,1-4H3,(H,24,25)/t16-/m0/s1. The van der Waals surface area contributed by atoms with E-state index in [1.54, 1.807) is 13.0 Å². The van der Waals surface area contributed by atoms with Crippen molar-refractivity contribution in [3.63, 3.8) is 0 Å². The number of allylic oxidation sites excluding steroid dienone is 1. The van der Waals surface area contributed by atoms with E-state index in [-0.39, 0.29) is 17.8 Å². The first-order valence-corrected chi connectivity index (χ1v) is 8.63. The minimum Gasteiger partial charge on any atom is -0.358 e. The third kappa shape index (κ3) is 3.19. The largest absolute Gasteiger partial charge is 0.358 e. The van der Waals surface area contributed by atoms with Gasteiger partial charge in [-0.1, -0.05) is 12.0 Å². The summed E-state index contributed by atoms with van der Waals surface area (Å²) in [6, 6.07) is 1.59. The van der Waals surface area contributed by atoms with Gasteiger partial charge in [0, 0.05) is 28.2 Å². The molecule has 1 atom stereocenters. The molecule has 25 heavy (non-hydrogen) atoms. The molecule has 0 bridgehead atoms. The molecule has 0 spiro atoms. The van der Waals surface area contributed by atoms with E-state index in [9.17, 15) is 9.18 Å². The van der Waals surface area contributed by atoms with E-state index in [1.165, 1.54) is 0 Å². The average molecular weight is 338 g/mol. The molecule has 130 valence electrons. The lowest BCUT2D eigenvalue weighted by Gasteiger charge is -2.24. The predicted molar refractivity (Wildman–Crippen MR) is 99.7 cm³/mol. The zero-order chi connectivity index (χ0) is 18.1. The Balaban J connectivity index is 2.03. The molecule has 0 saturated heterocycles. The number of hydrogen-bond donors (Lipinski definition) is 2. The molecule has 3 nitrogen and oxygen atoms in total. The number of aromatic amines is 1. The number of rotatable bonds is 2. The highest BCUT2D eigenvalue weighted by atomic mass is 19.1. The summed E-state index contributed by atoms with van der Waals surface area (Å²) in [4.78, 5) is 15.1. The Hall–Kier alpha value is -2.54. The number of fused-ring (bicyclic) bond motifs is 1. The van der Waals surface area contributed by atoms with Gasteiger partial charge in [0.25, 0.3) is 5.91 Å². The van der Waals surface area contributed by atoms with Gasteiger partial charge in [-0.05, 0) is 75.6 Å². The summed E-state index contributed by atoms with van der Waals surface area (Å²) in [5, 5.41) is 3.89. The van der Waals surface area contributed by atoms with Crippen molar-refractivity contribution in [3.8, 4) is 11.8 Å². The number of carbonyl (C=O) groups is 1. The second-order valence-electron chi connectivity index (χ2n) is 6.73. The number of amides is 1. The van der Waals surface area contributed by atoms with Crippen LogP contribution in [0.3, 0.4) is 0 Å². The number of benzene rings is 1. The maximum atomic E-state index is 14.9. The van der Waals surface area contributed by atoms with Crippen LogP contribution >= 0.6 is 0 Å². The molecule has 0 radical (unpaired) electrons. The second kappa shape index (κ2) is 6.76. The van der Waals surface area contributed by atoms with Gasteiger partial charge in [-0.3, -0.25) is 4.79 Å². The van der Waals surface area contributed by atoms with Crippen molar-refractivity contribution in [2.24, 2.45) is 0 Å². The highest BCUT2D eigenvalue weighted by Crippen LogP contribution is 2.37. The molecule has 2 aromatic rings. The van der Waals surface area contributed by atoms with E-state index < -0.39 is 0 Å². The van der Waals surface area contributed by atoms with Crippen molar-refractivity contribution in [2.45, 2.75) is 53.0 Å². The molecular formula is C21H23FN2O. The maximum Gasteiger partial charge on any atom is 0.296 e. The molecule has 0 fully saturated rings. The number of H-pyrrole nitrogens is 1. The van der Waals surface area contributed by atoms with Crippen molar-refractivity contribution >= 4 is 22.4 Å². The SMILES string of the molecule is CC#CC(=O)N[C@H]1CCC=C(c2c(F)cc(C)c3[nH]c(C)c(C)c23)C1. The molecule has 1 amide bonds. The van der Waals surface area contributed by atoms with Crippen LogP contribution in [0.4, 0.5) is 4.39 Å². The average Bonchev–Trinajstić information content (AvgIpc) is 2.85. The van der Waals surface area contributed by atoms with E-state index in [2.05, 4.69) is 28.2 Å². The summed E-state index contributed by atoms with van der Waals surface area (Å²) in [6.45, 7) is 7.60. The number of carbonyl (C=O) groups excluding carboxylic acids is 1. The summed E-state index contributed by atoms with van der Waals surface area (Å²) in [7, 11) is 0. The van der Waals surface area contributed by atoms with Crippen molar-refractivity contribution in [3.05, 3.63) is 40.3 Å². The van der Waals surface area contributed by atoms with E-state index in [4.69, 9.17) is 0 Å². The predicted octanol–water partition coefficient (Wildman–Crippen LogP) is 4.31. The lowest BCUT2D eigenvalue weighted by atomic mass is 9.87. The van der Waals surface area contributed by atoms with Crippen molar-refractivity contribution < 1.29 is 9.18 Å². The van der Waals surface area contributed by atoms with Crippen LogP contribution in [0.15, 0.2) is 12.1 Å². The number of hydrogen-bond acceptors (Lipinski definition) is 1. The molecule has 1 aliphatic carbocycles. The Kier molecular flexibility index (Phi) is 4.67. The van der Waals surface area contributed by atoms with Crippen LogP contribution in [-0.2, 0) is 4.79 Å². The minimum absolute atomic E-state index is 0.00977. The highest BCUT2D eigenvalue weighted by Gasteiger charge is 2.24. The second-order valence-corrected chi connectivity index (χ2v) is 6.73. The summed E-state index contributed by atoms with van der Waals surface area (Å²) >= 11 is 0. The number of nitrogens with one attached hydrogen (secondary N) is 2. The third-order valence-corrected chi connectivity index (χ3v) is 4.99.